The van der Waals surface area contributed by atoms with E-state index in [2.05, 4.69) is 0 Å². The van der Waals surface area contributed by atoms with Crippen LogP contribution in [-0.2, 0) is 19.7 Å². The van der Waals surface area contributed by atoms with Crippen LogP contribution in [0.15, 0.2) is 28.0 Å². The Bertz CT molecular complexity index is 701. The second-order valence-electron chi connectivity index (χ2n) is 3.64. The van der Waals surface area contributed by atoms with Gasteiger partial charge in [0, 0.05) is 5.69 Å². The van der Waals surface area contributed by atoms with Gasteiger partial charge < -0.3 is 5.73 Å². The summed E-state index contributed by atoms with van der Waals surface area (Å²) in [6.07, 6.45) is 0. The van der Waals surface area contributed by atoms with Gasteiger partial charge in [0.1, 0.15) is 0 Å². The fraction of sp³-hybridized carbons (Fsp3) is 0.250. The Morgan fingerprint density at radius 2 is 1.00 bits per heavy atom. The number of nitrogens with two attached hydrogens (primary N) is 1. The lowest BCUT2D eigenvalue weighted by Crippen LogP contribution is -2.26. The third-order valence-corrected chi connectivity index (χ3v) is 5.06. The lowest BCUT2D eigenvalue weighted by Gasteiger charge is -2.12. The first kappa shape index (κ1) is 17.6. The monoisotopic (exact) mass is 357 g/mol. The van der Waals surface area contributed by atoms with Crippen molar-refractivity contribution < 1.29 is 43.2 Å². The van der Waals surface area contributed by atoms with Crippen molar-refractivity contribution in [2.45, 2.75) is 20.8 Å². The molecule has 0 unspecified atom stereocenters. The minimum atomic E-state index is -6.04. The molecule has 2 N–H and O–H groups in total. The molecule has 120 valence electrons. The first-order valence-corrected chi connectivity index (χ1v) is 7.60. The molecule has 0 amide bonds. The Morgan fingerprint density at radius 3 is 1.24 bits per heavy atom. The Morgan fingerprint density at radius 1 is 0.714 bits per heavy atom. The molecule has 0 spiro atoms. The average molecular weight is 357 g/mol. The maximum absolute atomic E-state index is 12.3. The van der Waals surface area contributed by atoms with Crippen LogP contribution in [0.1, 0.15) is 0 Å². The van der Waals surface area contributed by atoms with Gasteiger partial charge >= 0.3 is 11.0 Å². The Kier molecular flexibility index (Phi) is 3.98. The van der Waals surface area contributed by atoms with Crippen molar-refractivity contribution in [2.24, 2.45) is 0 Å². The highest BCUT2D eigenvalue weighted by atomic mass is 32.2. The minimum Gasteiger partial charge on any atom is -0.399 e. The molecule has 1 rings (SSSR count). The molecule has 1 aromatic carbocycles. The Hall–Kier alpha value is -1.50. The summed E-state index contributed by atoms with van der Waals surface area (Å²) in [5.41, 5.74) is -7.55. The lowest BCUT2D eigenvalue weighted by atomic mass is 10.3. The molecule has 5 nitrogen and oxygen atoms in total. The summed E-state index contributed by atoms with van der Waals surface area (Å²) in [5, 5.41) is 0. The zero-order valence-electron chi connectivity index (χ0n) is 9.53. The smallest absolute Gasteiger partial charge is 0.399 e. The highest BCUT2D eigenvalue weighted by molar-refractivity contribution is 7.93. The van der Waals surface area contributed by atoms with E-state index in [0.29, 0.717) is 0 Å². The molecule has 0 aliphatic carbocycles. The fourth-order valence-electron chi connectivity index (χ4n) is 1.17. The molecule has 0 saturated heterocycles. The van der Waals surface area contributed by atoms with Crippen molar-refractivity contribution in [3.05, 3.63) is 18.2 Å². The minimum absolute atomic E-state index is 0.207. The summed E-state index contributed by atoms with van der Waals surface area (Å²) in [6.45, 7) is 0. The summed E-state index contributed by atoms with van der Waals surface area (Å²) in [5.74, 6) is 0. The van der Waals surface area contributed by atoms with Gasteiger partial charge in [-0.05, 0) is 18.2 Å². The fourth-order valence-corrected chi connectivity index (χ4v) is 2.93. The zero-order valence-corrected chi connectivity index (χ0v) is 11.2. The molecule has 0 radical (unpaired) electrons. The summed E-state index contributed by atoms with van der Waals surface area (Å²) in [6, 6.07) is 0.165. The molecule has 0 atom stereocenters. The highest BCUT2D eigenvalue weighted by Crippen LogP contribution is 2.36. The number of sulfone groups is 2. The molecule has 0 saturated carbocycles. The first-order chi connectivity index (χ1) is 9.10. The van der Waals surface area contributed by atoms with Crippen LogP contribution in [0.2, 0.25) is 0 Å². The van der Waals surface area contributed by atoms with Gasteiger partial charge in [-0.25, -0.2) is 16.8 Å². The van der Waals surface area contributed by atoms with E-state index in [4.69, 9.17) is 5.73 Å². The second kappa shape index (κ2) is 4.76. The van der Waals surface area contributed by atoms with E-state index < -0.39 is 46.2 Å². The van der Waals surface area contributed by atoms with Gasteiger partial charge in [-0.15, -0.1) is 0 Å². The standard InChI is InChI=1S/C8H5F6NO4S2/c9-7(10,11)20(16,17)5-1-4(15)2-6(3-5)21(18,19)8(12,13)14/h1-3H,15H2. The molecule has 0 aliphatic heterocycles. The molecule has 0 heterocycles. The van der Waals surface area contributed by atoms with Gasteiger partial charge in [0.2, 0.25) is 0 Å². The maximum atomic E-state index is 12.3. The molecule has 0 aliphatic rings. The first-order valence-electron chi connectivity index (χ1n) is 4.64. The summed E-state index contributed by atoms with van der Waals surface area (Å²) < 4.78 is 118. The van der Waals surface area contributed by atoms with Gasteiger partial charge in [0.05, 0.1) is 9.79 Å². The highest BCUT2D eigenvalue weighted by Gasteiger charge is 2.50. The van der Waals surface area contributed by atoms with Crippen molar-refractivity contribution >= 4 is 25.4 Å². The topological polar surface area (TPSA) is 94.3 Å². The van der Waals surface area contributed by atoms with E-state index >= 15 is 0 Å². The Labute approximate surface area is 114 Å². The van der Waals surface area contributed by atoms with Gasteiger partial charge in [0.15, 0.2) is 0 Å². The molecule has 0 bridgehead atoms. The molecule has 0 fully saturated rings. The van der Waals surface area contributed by atoms with E-state index in [1.54, 1.807) is 0 Å². The van der Waals surface area contributed by atoms with Crippen molar-refractivity contribution in [1.29, 1.82) is 0 Å². The number of rotatable bonds is 2. The largest absolute Gasteiger partial charge is 0.501 e. The number of halogens is 6. The number of nitrogen functional groups attached to an aromatic ring is 1. The molecular weight excluding hydrogens is 352 g/mol. The van der Waals surface area contributed by atoms with E-state index in [1.165, 1.54) is 0 Å². The molecule has 21 heavy (non-hydrogen) atoms. The number of hydrogen-bond acceptors (Lipinski definition) is 5. The predicted molar refractivity (Wildman–Crippen MR) is 57.3 cm³/mol. The van der Waals surface area contributed by atoms with Crippen molar-refractivity contribution in [3.63, 3.8) is 0 Å². The van der Waals surface area contributed by atoms with Gasteiger partial charge in [-0.1, -0.05) is 0 Å². The summed E-state index contributed by atoms with van der Waals surface area (Å²) >= 11 is 0. The van der Waals surface area contributed by atoms with Gasteiger partial charge in [0.25, 0.3) is 19.7 Å². The van der Waals surface area contributed by atoms with E-state index in [0.717, 1.165) is 0 Å². The van der Waals surface area contributed by atoms with Gasteiger partial charge in [-0.3, -0.25) is 0 Å². The van der Waals surface area contributed by atoms with Crippen molar-refractivity contribution in [1.82, 2.24) is 0 Å². The number of anilines is 1. The van der Waals surface area contributed by atoms with Crippen LogP contribution in [0.5, 0.6) is 0 Å². The lowest BCUT2D eigenvalue weighted by molar-refractivity contribution is -0.0438. The summed E-state index contributed by atoms with van der Waals surface area (Å²) in [7, 11) is -12.1. The van der Waals surface area contributed by atoms with Crippen LogP contribution in [0.3, 0.4) is 0 Å². The van der Waals surface area contributed by atoms with Crippen LogP contribution < -0.4 is 5.73 Å². The molecule has 1 aromatic rings. The normalized spacial score (nSPS) is 14.2. The maximum Gasteiger partial charge on any atom is 0.501 e. The van der Waals surface area contributed by atoms with Crippen LogP contribution in [0, 0.1) is 0 Å². The SMILES string of the molecule is Nc1cc(S(=O)(=O)C(F)(F)F)cc(S(=O)(=O)C(F)(F)F)c1. The Balaban J connectivity index is 3.67. The quantitative estimate of drug-likeness (QED) is 0.644. The van der Waals surface area contributed by atoms with E-state index in [9.17, 15) is 43.2 Å². The third-order valence-electron chi connectivity index (χ3n) is 2.13. The second-order valence-corrected chi connectivity index (χ2v) is 7.52. The number of benzene rings is 1. The molecular formula is C8H5F6NO4S2. The van der Waals surface area contributed by atoms with Crippen LogP contribution in [0.4, 0.5) is 32.0 Å². The molecule has 13 heteroatoms. The van der Waals surface area contributed by atoms with Crippen LogP contribution >= 0.6 is 0 Å². The summed E-state index contributed by atoms with van der Waals surface area (Å²) in [4.78, 5) is -3.39. The van der Waals surface area contributed by atoms with Gasteiger partial charge in [-0.2, -0.15) is 26.3 Å². The number of alkyl halides is 6. The van der Waals surface area contributed by atoms with Crippen LogP contribution in [0.25, 0.3) is 0 Å². The predicted octanol–water partition coefficient (Wildman–Crippen LogP) is 1.86. The zero-order chi connectivity index (χ0) is 16.9. The number of hydrogen-bond donors (Lipinski definition) is 1. The molecule has 0 aromatic heterocycles. The van der Waals surface area contributed by atoms with Crippen molar-refractivity contribution in [2.75, 3.05) is 5.73 Å². The third kappa shape index (κ3) is 3.07. The van der Waals surface area contributed by atoms with Crippen molar-refractivity contribution in [3.8, 4) is 0 Å². The average Bonchev–Trinajstić information content (AvgIpc) is 2.24. The van der Waals surface area contributed by atoms with E-state index in [-0.39, 0.29) is 18.2 Å². The van der Waals surface area contributed by atoms with Crippen LogP contribution in [-0.4, -0.2) is 27.9 Å². The van der Waals surface area contributed by atoms with E-state index in [1.807, 2.05) is 0 Å².